The van der Waals surface area contributed by atoms with Crippen LogP contribution in [0.3, 0.4) is 0 Å². The molecule has 1 amide bonds. The number of fused-ring (bicyclic) bond motifs is 2. The van der Waals surface area contributed by atoms with Crippen molar-refractivity contribution >= 4 is 45.7 Å². The Balaban J connectivity index is 1.30. The van der Waals surface area contributed by atoms with Crippen molar-refractivity contribution in [2.45, 2.75) is 19.8 Å². The van der Waals surface area contributed by atoms with Crippen molar-refractivity contribution in [3.05, 3.63) is 63.7 Å². The average molecular weight is 434 g/mol. The fourth-order valence-electron chi connectivity index (χ4n) is 4.22. The Kier molecular flexibility index (Phi) is 5.23. The van der Waals surface area contributed by atoms with Gasteiger partial charge in [0, 0.05) is 41.9 Å². The third-order valence-electron chi connectivity index (χ3n) is 5.96. The first kappa shape index (κ1) is 19.8. The van der Waals surface area contributed by atoms with Crippen LogP contribution in [0, 0.1) is 5.92 Å². The fourth-order valence-corrected chi connectivity index (χ4v) is 4.92. The number of piperidine rings is 1. The summed E-state index contributed by atoms with van der Waals surface area (Å²) in [5.74, 6) is 0.653. The molecule has 4 heterocycles. The maximum absolute atomic E-state index is 12.9. The summed E-state index contributed by atoms with van der Waals surface area (Å²) in [4.78, 5) is 34.8. The van der Waals surface area contributed by atoms with Crippen molar-refractivity contribution in [1.82, 2.24) is 9.97 Å². The van der Waals surface area contributed by atoms with E-state index in [4.69, 9.17) is 0 Å². The highest BCUT2D eigenvalue weighted by atomic mass is 32.2. The van der Waals surface area contributed by atoms with Crippen LogP contribution < -0.4 is 26.5 Å². The predicted molar refractivity (Wildman–Crippen MR) is 125 cm³/mol. The van der Waals surface area contributed by atoms with Gasteiger partial charge in [0.1, 0.15) is 11.0 Å². The van der Waals surface area contributed by atoms with Gasteiger partial charge in [0.2, 0.25) is 5.91 Å². The Bertz CT molecular complexity index is 1340. The number of aromatic nitrogens is 2. The van der Waals surface area contributed by atoms with Crippen LogP contribution in [0.2, 0.25) is 0 Å². The Labute approximate surface area is 183 Å². The minimum absolute atomic E-state index is 0.0957. The van der Waals surface area contributed by atoms with E-state index in [0.29, 0.717) is 5.69 Å². The Morgan fingerprint density at radius 1 is 1.23 bits per heavy atom. The fraction of sp³-hybridized carbons (Fsp3) is 0.304. The van der Waals surface area contributed by atoms with E-state index in [1.807, 2.05) is 36.5 Å². The van der Waals surface area contributed by atoms with Crippen molar-refractivity contribution in [3.63, 3.8) is 0 Å². The van der Waals surface area contributed by atoms with E-state index < -0.39 is 0 Å². The molecule has 1 fully saturated rings. The van der Waals surface area contributed by atoms with Gasteiger partial charge >= 0.3 is 0 Å². The number of anilines is 2. The Morgan fingerprint density at radius 3 is 2.87 bits per heavy atom. The second-order valence-corrected chi connectivity index (χ2v) is 8.75. The van der Waals surface area contributed by atoms with E-state index in [2.05, 4.69) is 31.5 Å². The molecule has 8 heteroatoms. The number of para-hydroxylation sites is 1. The molecule has 2 aliphatic rings. The molecule has 0 radical (unpaired) electrons. The molecule has 0 saturated carbocycles. The van der Waals surface area contributed by atoms with Gasteiger partial charge in [-0.2, -0.15) is 0 Å². The number of pyridine rings is 2. The van der Waals surface area contributed by atoms with Crippen LogP contribution >= 0.6 is 11.9 Å². The van der Waals surface area contributed by atoms with Crippen molar-refractivity contribution in [1.29, 1.82) is 0 Å². The minimum Gasteiger partial charge on any atom is -0.370 e. The zero-order valence-corrected chi connectivity index (χ0v) is 18.0. The van der Waals surface area contributed by atoms with Gasteiger partial charge in [-0.05, 0) is 55.5 Å². The molecule has 1 saturated heterocycles. The first-order valence-corrected chi connectivity index (χ1v) is 11.4. The van der Waals surface area contributed by atoms with E-state index >= 15 is 0 Å². The van der Waals surface area contributed by atoms with Crippen molar-refractivity contribution in [2.24, 2.45) is 10.3 Å². The number of carbonyl (C=O) groups is 1. The van der Waals surface area contributed by atoms with Crippen molar-refractivity contribution in [2.75, 3.05) is 29.1 Å². The number of hydrogen-bond donors (Lipinski definition) is 2. The van der Waals surface area contributed by atoms with Crippen LogP contribution in [0.25, 0.3) is 16.5 Å². The largest absolute Gasteiger partial charge is 0.370 e. The Morgan fingerprint density at radius 2 is 2.03 bits per heavy atom. The number of carbonyl (C=O) groups excluding carboxylic acids is 1. The molecule has 1 aromatic carbocycles. The second kappa shape index (κ2) is 8.19. The van der Waals surface area contributed by atoms with E-state index in [1.165, 1.54) is 5.57 Å². The lowest BCUT2D eigenvalue weighted by Gasteiger charge is -2.33. The van der Waals surface area contributed by atoms with Crippen molar-refractivity contribution < 1.29 is 4.79 Å². The molecule has 3 aromatic rings. The molecule has 31 heavy (non-hydrogen) atoms. The molecule has 5 rings (SSSR count). The van der Waals surface area contributed by atoms with Crippen LogP contribution in [0.5, 0.6) is 0 Å². The SMILES string of the molecule is CC1=c2nccc(N3CCC(C(=O)Nc4cc5ccccc5[nH]c4=O)CC3)c2=NSC1. The lowest BCUT2D eigenvalue weighted by Crippen LogP contribution is -2.44. The molecule has 2 N–H and O–H groups in total. The van der Waals surface area contributed by atoms with E-state index in [-0.39, 0.29) is 17.4 Å². The smallest absolute Gasteiger partial charge is 0.272 e. The maximum atomic E-state index is 12.9. The topological polar surface area (TPSA) is 90.5 Å². The van der Waals surface area contributed by atoms with Gasteiger partial charge in [-0.25, -0.2) is 4.40 Å². The highest BCUT2D eigenvalue weighted by molar-refractivity contribution is 7.98. The van der Waals surface area contributed by atoms with E-state index in [9.17, 15) is 9.59 Å². The summed E-state index contributed by atoms with van der Waals surface area (Å²) in [6.07, 6.45) is 3.29. The van der Waals surface area contributed by atoms with Crippen LogP contribution in [0.15, 0.2) is 51.8 Å². The molecule has 0 bridgehead atoms. The predicted octanol–water partition coefficient (Wildman–Crippen LogP) is 2.23. The third-order valence-corrected chi connectivity index (χ3v) is 6.84. The van der Waals surface area contributed by atoms with Crippen LogP contribution in [0.1, 0.15) is 19.8 Å². The maximum Gasteiger partial charge on any atom is 0.272 e. The van der Waals surface area contributed by atoms with Crippen LogP contribution in [0.4, 0.5) is 11.4 Å². The zero-order valence-electron chi connectivity index (χ0n) is 17.2. The lowest BCUT2D eigenvalue weighted by atomic mass is 9.95. The van der Waals surface area contributed by atoms with Gasteiger partial charge in [0.25, 0.3) is 5.56 Å². The molecule has 7 nitrogen and oxygen atoms in total. The van der Waals surface area contributed by atoms with Crippen LogP contribution in [-0.4, -0.2) is 34.7 Å². The number of nitrogens with zero attached hydrogens (tertiary/aromatic N) is 3. The summed E-state index contributed by atoms with van der Waals surface area (Å²) in [6.45, 7) is 3.63. The molecule has 2 aromatic heterocycles. The summed E-state index contributed by atoms with van der Waals surface area (Å²) in [6, 6.07) is 11.3. The molecular formula is C23H23N5O2S. The zero-order chi connectivity index (χ0) is 21.4. The minimum atomic E-state index is -0.279. The van der Waals surface area contributed by atoms with Gasteiger partial charge in [-0.15, -0.1) is 0 Å². The van der Waals surface area contributed by atoms with Gasteiger partial charge in [-0.1, -0.05) is 18.2 Å². The number of amides is 1. The highest BCUT2D eigenvalue weighted by Crippen LogP contribution is 2.23. The number of hydrogen-bond acceptors (Lipinski definition) is 6. The molecule has 0 spiro atoms. The second-order valence-electron chi connectivity index (χ2n) is 8.02. The molecule has 2 aliphatic heterocycles. The van der Waals surface area contributed by atoms with Gasteiger partial charge in [0.05, 0.1) is 11.0 Å². The highest BCUT2D eigenvalue weighted by Gasteiger charge is 2.26. The first-order valence-electron chi connectivity index (χ1n) is 10.4. The number of aromatic amines is 1. The molecule has 158 valence electrons. The first-order chi connectivity index (χ1) is 15.1. The standard InChI is InChI=1S/C23H23N5O2S/c1-14-13-31-27-21-19(6-9-24-20(14)21)28-10-7-15(8-11-28)22(29)26-18-12-16-4-2-3-5-17(16)25-23(18)30/h2-6,9,12,15H,7-8,10-11,13H2,1H3,(H,25,30)(H,26,29). The number of nitrogens with one attached hydrogen (secondary N) is 2. The van der Waals surface area contributed by atoms with Gasteiger partial charge < -0.3 is 15.2 Å². The summed E-state index contributed by atoms with van der Waals surface area (Å²) in [7, 11) is 0. The Hall–Kier alpha value is -3.13. The van der Waals surface area contributed by atoms with Gasteiger partial charge in [-0.3, -0.25) is 14.6 Å². The number of benzene rings is 1. The average Bonchev–Trinajstić information content (AvgIpc) is 2.79. The van der Waals surface area contributed by atoms with E-state index in [0.717, 1.165) is 59.0 Å². The molecule has 0 atom stereocenters. The summed E-state index contributed by atoms with van der Waals surface area (Å²) in [5.41, 5.74) is 3.11. The third kappa shape index (κ3) is 3.83. The lowest BCUT2D eigenvalue weighted by molar-refractivity contribution is -0.120. The monoisotopic (exact) mass is 433 g/mol. The number of H-pyrrole nitrogens is 1. The summed E-state index contributed by atoms with van der Waals surface area (Å²) >= 11 is 1.56. The molecular weight excluding hydrogens is 410 g/mol. The summed E-state index contributed by atoms with van der Waals surface area (Å²) in [5, 5.41) is 5.66. The van der Waals surface area contributed by atoms with Crippen molar-refractivity contribution in [3.8, 4) is 0 Å². The normalized spacial score (nSPS) is 16.7. The van der Waals surface area contributed by atoms with E-state index in [1.54, 1.807) is 18.0 Å². The quantitative estimate of drug-likeness (QED) is 0.618. The molecule has 0 unspecified atom stereocenters. The summed E-state index contributed by atoms with van der Waals surface area (Å²) < 4.78 is 4.64. The molecule has 0 aliphatic carbocycles. The van der Waals surface area contributed by atoms with Crippen LogP contribution in [-0.2, 0) is 4.79 Å². The van der Waals surface area contributed by atoms with Gasteiger partial charge in [0.15, 0.2) is 0 Å². The number of rotatable bonds is 3.